The predicted molar refractivity (Wildman–Crippen MR) is 103 cm³/mol. The van der Waals surface area contributed by atoms with Gasteiger partial charge in [-0.1, -0.05) is 36.4 Å². The molecule has 1 N–H and O–H groups in total. The molecule has 0 heterocycles. The van der Waals surface area contributed by atoms with Crippen LogP contribution in [0.4, 0.5) is 4.39 Å². The molecule has 3 nitrogen and oxygen atoms in total. The number of rotatable bonds is 9. The molecule has 1 aliphatic carbocycles. The monoisotopic (exact) mass is 366 g/mol. The van der Waals surface area contributed by atoms with Crippen LogP contribution < -0.4 is 0 Å². The quantitative estimate of drug-likeness (QED) is 0.534. The molecule has 3 rings (SSSR count). The minimum absolute atomic E-state index is 0.102. The van der Waals surface area contributed by atoms with Gasteiger partial charge in [0.05, 0.1) is 0 Å². The van der Waals surface area contributed by atoms with Gasteiger partial charge >= 0.3 is 0 Å². The summed E-state index contributed by atoms with van der Waals surface area (Å²) in [6.45, 7) is -0.432. The van der Waals surface area contributed by atoms with Gasteiger partial charge in [-0.25, -0.2) is 4.39 Å². The zero-order valence-corrected chi connectivity index (χ0v) is 15.2. The van der Waals surface area contributed by atoms with E-state index >= 15 is 0 Å². The maximum Gasteiger partial charge on any atom is 0.163 e. The van der Waals surface area contributed by atoms with Crippen molar-refractivity contribution >= 4 is 23.2 Å². The number of benzene rings is 2. The average Bonchev–Trinajstić information content (AvgIpc) is 3.50. The number of carbonyl (C=O) groups excluding carboxylic acids is 2. The molecule has 0 amide bonds. The Kier molecular flexibility index (Phi) is 6.30. The molecule has 1 aliphatic rings. The summed E-state index contributed by atoms with van der Waals surface area (Å²) in [6.07, 6.45) is 5.43. The first-order valence-corrected chi connectivity index (χ1v) is 9.27. The van der Waals surface area contributed by atoms with Crippen LogP contribution in [0.5, 0.6) is 0 Å². The first-order valence-electron chi connectivity index (χ1n) is 9.27. The number of aliphatic hydroxyl groups excluding tert-OH is 1. The molecule has 0 radical (unpaired) electrons. The highest BCUT2D eigenvalue weighted by Gasteiger charge is 2.26. The molecule has 1 saturated carbocycles. The highest BCUT2D eigenvalue weighted by molar-refractivity contribution is 6.25. The predicted octanol–water partition coefficient (Wildman–Crippen LogP) is 4.23. The molecule has 2 aromatic carbocycles. The number of Topliss-reactive ketones (excluding diaryl/α,β-unsaturated/α-hetero) is 2. The average molecular weight is 366 g/mol. The first kappa shape index (κ1) is 19.2. The highest BCUT2D eigenvalue weighted by atomic mass is 19.1. The Balaban J connectivity index is 1.82. The molecular weight excluding hydrogens is 343 g/mol. The van der Waals surface area contributed by atoms with E-state index < -0.39 is 6.61 Å². The van der Waals surface area contributed by atoms with Crippen LogP contribution in [0.25, 0.3) is 11.6 Å². The van der Waals surface area contributed by atoms with Gasteiger partial charge in [0.15, 0.2) is 11.6 Å². The molecule has 0 bridgehead atoms. The minimum Gasteiger partial charge on any atom is -0.389 e. The zero-order valence-electron chi connectivity index (χ0n) is 15.2. The van der Waals surface area contributed by atoms with Gasteiger partial charge in [0.2, 0.25) is 0 Å². The second kappa shape index (κ2) is 8.87. The molecule has 0 aliphatic heterocycles. The molecule has 2 aromatic rings. The normalized spacial score (nSPS) is 14.2. The van der Waals surface area contributed by atoms with Gasteiger partial charge in [0, 0.05) is 18.4 Å². The van der Waals surface area contributed by atoms with Crippen molar-refractivity contribution in [2.75, 3.05) is 6.61 Å². The van der Waals surface area contributed by atoms with Crippen LogP contribution in [-0.4, -0.2) is 23.3 Å². The summed E-state index contributed by atoms with van der Waals surface area (Å²) < 4.78 is 13.2. The lowest BCUT2D eigenvalue weighted by molar-refractivity contribution is -0.121. The fourth-order valence-corrected chi connectivity index (χ4v) is 2.96. The minimum atomic E-state index is -0.432. The summed E-state index contributed by atoms with van der Waals surface area (Å²) in [6, 6.07) is 13.7. The van der Waals surface area contributed by atoms with Crippen LogP contribution in [-0.2, 0) is 16.0 Å². The Labute approximate surface area is 158 Å². The Morgan fingerprint density at radius 2 is 1.70 bits per heavy atom. The third-order valence-corrected chi connectivity index (χ3v) is 4.79. The van der Waals surface area contributed by atoms with Crippen LogP contribution >= 0.6 is 0 Å². The number of ketones is 2. The second-order valence-electron chi connectivity index (χ2n) is 7.07. The number of allylic oxidation sites excluding steroid dienone is 1. The molecule has 27 heavy (non-hydrogen) atoms. The molecule has 0 unspecified atom stereocenters. The smallest absolute Gasteiger partial charge is 0.163 e. The standard InChI is InChI=1S/C23H23FO3/c24-20-10-5-17(6-11-20)13-22(23(27)14-18-1-2-18)19-8-3-16(4-9-19)7-12-21(26)15-25/h3-6,8-11,13,18,25H,1-2,7,12,14-15H2/b22-13+. The second-order valence-corrected chi connectivity index (χ2v) is 7.07. The van der Waals surface area contributed by atoms with Gasteiger partial charge in [0.25, 0.3) is 0 Å². The SMILES string of the molecule is O=C(CO)CCc1ccc(/C(=C\c2ccc(F)cc2)C(=O)CC2CC2)cc1. The van der Waals surface area contributed by atoms with Crippen molar-refractivity contribution in [2.24, 2.45) is 5.92 Å². The molecule has 4 heteroatoms. The first-order chi connectivity index (χ1) is 13.0. The Morgan fingerprint density at radius 3 is 2.30 bits per heavy atom. The molecule has 1 fully saturated rings. The number of halogens is 1. The summed E-state index contributed by atoms with van der Waals surface area (Å²) in [7, 11) is 0. The van der Waals surface area contributed by atoms with Crippen LogP contribution in [0.3, 0.4) is 0 Å². The number of hydrogen-bond donors (Lipinski definition) is 1. The van der Waals surface area contributed by atoms with Crippen molar-refractivity contribution in [3.05, 3.63) is 71.0 Å². The van der Waals surface area contributed by atoms with Gasteiger partial charge in [-0.05, 0) is 60.1 Å². The maximum absolute atomic E-state index is 13.2. The van der Waals surface area contributed by atoms with E-state index in [4.69, 9.17) is 5.11 Å². The Morgan fingerprint density at radius 1 is 1.04 bits per heavy atom. The number of aliphatic hydroxyl groups is 1. The highest BCUT2D eigenvalue weighted by Crippen LogP contribution is 2.35. The topological polar surface area (TPSA) is 54.4 Å². The summed E-state index contributed by atoms with van der Waals surface area (Å²) >= 11 is 0. The van der Waals surface area contributed by atoms with E-state index in [0.717, 1.165) is 29.5 Å². The van der Waals surface area contributed by atoms with E-state index in [2.05, 4.69) is 0 Å². The zero-order chi connectivity index (χ0) is 19.2. The molecule has 0 atom stereocenters. The van der Waals surface area contributed by atoms with Gasteiger partial charge < -0.3 is 5.11 Å². The lowest BCUT2D eigenvalue weighted by Crippen LogP contribution is -2.05. The van der Waals surface area contributed by atoms with E-state index in [1.165, 1.54) is 12.1 Å². The van der Waals surface area contributed by atoms with Gasteiger partial charge in [-0.3, -0.25) is 9.59 Å². The summed E-state index contributed by atoms with van der Waals surface area (Å²) in [5.41, 5.74) is 3.22. The molecule has 140 valence electrons. The summed E-state index contributed by atoms with van der Waals surface area (Å²) in [5.74, 6) is 0.0956. The van der Waals surface area contributed by atoms with Gasteiger partial charge in [-0.2, -0.15) is 0 Å². The fraction of sp³-hybridized carbons (Fsp3) is 0.304. The third kappa shape index (κ3) is 5.69. The lowest BCUT2D eigenvalue weighted by atomic mass is 9.94. The van der Waals surface area contributed by atoms with Gasteiger partial charge in [0.1, 0.15) is 12.4 Å². The molecular formula is C23H23FO3. The summed E-state index contributed by atoms with van der Waals surface area (Å²) in [4.78, 5) is 24.0. The van der Waals surface area contributed by atoms with E-state index in [-0.39, 0.29) is 17.4 Å². The van der Waals surface area contributed by atoms with Crippen LogP contribution in [0.1, 0.15) is 42.4 Å². The van der Waals surface area contributed by atoms with Crippen molar-refractivity contribution in [3.8, 4) is 0 Å². The molecule has 0 saturated heterocycles. The number of aryl methyl sites for hydroxylation is 1. The van der Waals surface area contributed by atoms with Crippen molar-refractivity contribution in [3.63, 3.8) is 0 Å². The van der Waals surface area contributed by atoms with Crippen molar-refractivity contribution in [1.29, 1.82) is 0 Å². The van der Waals surface area contributed by atoms with Crippen LogP contribution in [0, 0.1) is 11.7 Å². The Bertz CT molecular complexity index is 831. The van der Waals surface area contributed by atoms with E-state index in [1.54, 1.807) is 12.1 Å². The largest absolute Gasteiger partial charge is 0.389 e. The number of carbonyl (C=O) groups is 2. The lowest BCUT2D eigenvalue weighted by Gasteiger charge is -2.09. The van der Waals surface area contributed by atoms with Crippen molar-refractivity contribution in [1.82, 2.24) is 0 Å². The van der Waals surface area contributed by atoms with Crippen molar-refractivity contribution < 1.29 is 19.1 Å². The number of hydrogen-bond acceptors (Lipinski definition) is 3. The molecule has 0 aromatic heterocycles. The van der Waals surface area contributed by atoms with Crippen molar-refractivity contribution in [2.45, 2.75) is 32.1 Å². The van der Waals surface area contributed by atoms with E-state index in [0.29, 0.717) is 30.8 Å². The maximum atomic E-state index is 13.2. The van der Waals surface area contributed by atoms with Crippen LogP contribution in [0.2, 0.25) is 0 Å². The summed E-state index contributed by atoms with van der Waals surface area (Å²) in [5, 5.41) is 8.81. The van der Waals surface area contributed by atoms with E-state index in [9.17, 15) is 14.0 Å². The molecule has 0 spiro atoms. The van der Waals surface area contributed by atoms with Gasteiger partial charge in [-0.15, -0.1) is 0 Å². The van der Waals surface area contributed by atoms with E-state index in [1.807, 2.05) is 30.3 Å². The Hall–Kier alpha value is -2.59. The fourth-order valence-electron chi connectivity index (χ4n) is 2.96. The third-order valence-electron chi connectivity index (χ3n) is 4.79. The van der Waals surface area contributed by atoms with Crippen LogP contribution in [0.15, 0.2) is 48.5 Å².